The van der Waals surface area contributed by atoms with E-state index in [4.69, 9.17) is 0 Å². The third-order valence-electron chi connectivity index (χ3n) is 5.88. The first kappa shape index (κ1) is 25.4. The summed E-state index contributed by atoms with van der Waals surface area (Å²) < 4.78 is 0. The van der Waals surface area contributed by atoms with E-state index in [1.54, 1.807) is 6.08 Å². The summed E-state index contributed by atoms with van der Waals surface area (Å²) in [7, 11) is 0. The fraction of sp³-hybridized carbons (Fsp3) is 0.593. The van der Waals surface area contributed by atoms with Crippen molar-refractivity contribution in [3.8, 4) is 0 Å². The number of rotatable bonds is 11. The van der Waals surface area contributed by atoms with E-state index in [9.17, 15) is 9.90 Å². The van der Waals surface area contributed by atoms with E-state index >= 15 is 0 Å². The van der Waals surface area contributed by atoms with Gasteiger partial charge in [0, 0.05) is 11.8 Å². The van der Waals surface area contributed by atoms with Crippen LogP contribution in [0, 0.1) is 11.8 Å². The Bertz CT molecular complexity index is 669. The highest BCUT2D eigenvalue weighted by Crippen LogP contribution is 2.27. The van der Waals surface area contributed by atoms with Gasteiger partial charge in [-0.1, -0.05) is 59.6 Å². The van der Waals surface area contributed by atoms with Crippen LogP contribution in [-0.4, -0.2) is 17.0 Å². The molecule has 2 heteroatoms. The van der Waals surface area contributed by atoms with Gasteiger partial charge < -0.3 is 5.11 Å². The molecule has 0 aliphatic heterocycles. The van der Waals surface area contributed by atoms with E-state index in [-0.39, 0.29) is 17.6 Å². The lowest BCUT2D eigenvalue weighted by Crippen LogP contribution is -2.32. The van der Waals surface area contributed by atoms with Crippen LogP contribution in [0.5, 0.6) is 0 Å². The van der Waals surface area contributed by atoms with Gasteiger partial charge in [-0.2, -0.15) is 0 Å². The number of carbonyl (C=O) groups excluding carboxylic acids is 1. The molecule has 0 bridgehead atoms. The van der Waals surface area contributed by atoms with Crippen molar-refractivity contribution in [1.29, 1.82) is 0 Å². The van der Waals surface area contributed by atoms with Gasteiger partial charge in [0.05, 0.1) is 6.10 Å². The monoisotopic (exact) mass is 398 g/mol. The summed E-state index contributed by atoms with van der Waals surface area (Å²) in [5.74, 6) is 0.0392. The highest BCUT2D eigenvalue weighted by Gasteiger charge is 2.30. The molecule has 29 heavy (non-hydrogen) atoms. The third kappa shape index (κ3) is 10.6. The van der Waals surface area contributed by atoms with Crippen LogP contribution in [-0.2, 0) is 4.79 Å². The van der Waals surface area contributed by atoms with Crippen LogP contribution in [0.2, 0.25) is 0 Å². The van der Waals surface area contributed by atoms with Crippen LogP contribution < -0.4 is 0 Å². The largest absolute Gasteiger partial charge is 0.389 e. The van der Waals surface area contributed by atoms with E-state index in [1.807, 2.05) is 6.92 Å². The highest BCUT2D eigenvalue weighted by molar-refractivity contribution is 5.92. The average Bonchev–Trinajstić information content (AvgIpc) is 2.64. The standard InChI is InChI=1S/C27H42O2/c1-20(2)10-7-11-21(3)12-8-13-22(4)14-9-15-23(5)16-17-25-24(6)26(28)18-19-27(25)29/h10,12,14,16,18-19,24-25,27,29H,7-9,11,13,15,17H2,1-6H3/b21-12+,22-14+,23-16+. The van der Waals surface area contributed by atoms with Gasteiger partial charge in [0.25, 0.3) is 0 Å². The quantitative estimate of drug-likeness (QED) is 0.371. The second kappa shape index (κ2) is 13.5. The molecule has 2 nitrogen and oxygen atoms in total. The molecule has 0 saturated carbocycles. The van der Waals surface area contributed by atoms with Crippen LogP contribution in [0.1, 0.15) is 86.5 Å². The number of aliphatic hydroxyl groups excluding tert-OH is 1. The van der Waals surface area contributed by atoms with Crippen LogP contribution in [0.25, 0.3) is 0 Å². The minimum absolute atomic E-state index is 0.00601. The maximum atomic E-state index is 11.8. The Kier molecular flexibility index (Phi) is 11.8. The molecule has 0 aromatic carbocycles. The van der Waals surface area contributed by atoms with Crippen LogP contribution >= 0.6 is 0 Å². The van der Waals surface area contributed by atoms with Crippen molar-refractivity contribution in [2.75, 3.05) is 0 Å². The van der Waals surface area contributed by atoms with E-state index in [2.05, 4.69) is 58.9 Å². The zero-order valence-electron chi connectivity index (χ0n) is 19.5. The number of ketones is 1. The smallest absolute Gasteiger partial charge is 0.158 e. The van der Waals surface area contributed by atoms with Crippen molar-refractivity contribution < 1.29 is 9.90 Å². The summed E-state index contributed by atoms with van der Waals surface area (Å²) in [6.45, 7) is 12.8. The minimum Gasteiger partial charge on any atom is -0.389 e. The average molecular weight is 399 g/mol. The molecule has 3 unspecified atom stereocenters. The van der Waals surface area contributed by atoms with Crippen LogP contribution in [0.15, 0.2) is 58.7 Å². The second-order valence-corrected chi connectivity index (χ2v) is 8.99. The van der Waals surface area contributed by atoms with E-state index in [0.29, 0.717) is 0 Å². The van der Waals surface area contributed by atoms with Crippen LogP contribution in [0.3, 0.4) is 0 Å². The minimum atomic E-state index is -0.507. The molecule has 0 fully saturated rings. The van der Waals surface area contributed by atoms with Crippen LogP contribution in [0.4, 0.5) is 0 Å². The van der Waals surface area contributed by atoms with Gasteiger partial charge in [-0.3, -0.25) is 4.79 Å². The lowest BCUT2D eigenvalue weighted by molar-refractivity contribution is -0.121. The molecule has 0 aromatic rings. The Hall–Kier alpha value is -1.67. The molecular formula is C27H42O2. The number of hydrogen-bond donors (Lipinski definition) is 1. The maximum Gasteiger partial charge on any atom is 0.158 e. The summed E-state index contributed by atoms with van der Waals surface area (Å²) in [5.41, 5.74) is 5.68. The van der Waals surface area contributed by atoms with E-state index in [0.717, 1.165) is 44.9 Å². The number of aliphatic hydroxyl groups is 1. The lowest BCUT2D eigenvalue weighted by Gasteiger charge is -2.27. The molecule has 3 atom stereocenters. The molecule has 0 amide bonds. The molecule has 1 rings (SSSR count). The number of hydrogen-bond acceptors (Lipinski definition) is 2. The zero-order chi connectivity index (χ0) is 21.8. The highest BCUT2D eigenvalue weighted by atomic mass is 16.3. The summed E-state index contributed by atoms with van der Waals surface area (Å²) in [6, 6.07) is 0. The van der Waals surface area contributed by atoms with Crippen molar-refractivity contribution >= 4 is 5.78 Å². The molecular weight excluding hydrogens is 356 g/mol. The maximum absolute atomic E-state index is 11.8. The summed E-state index contributed by atoms with van der Waals surface area (Å²) in [5, 5.41) is 10.1. The summed E-state index contributed by atoms with van der Waals surface area (Å²) in [4.78, 5) is 11.8. The number of carbonyl (C=O) groups is 1. The number of allylic oxidation sites excluding steroid dienone is 9. The first-order chi connectivity index (χ1) is 13.7. The van der Waals surface area contributed by atoms with Gasteiger partial charge in [-0.15, -0.1) is 0 Å². The molecule has 162 valence electrons. The van der Waals surface area contributed by atoms with E-state index in [1.165, 1.54) is 28.4 Å². The fourth-order valence-electron chi connectivity index (χ4n) is 3.66. The van der Waals surface area contributed by atoms with Crippen molar-refractivity contribution in [2.45, 2.75) is 92.6 Å². The normalized spacial score (nSPS) is 23.5. The van der Waals surface area contributed by atoms with Gasteiger partial charge in [-0.05, 0) is 85.6 Å². The predicted octanol–water partition coefficient (Wildman–Crippen LogP) is 7.27. The van der Waals surface area contributed by atoms with Gasteiger partial charge in [-0.25, -0.2) is 0 Å². The topological polar surface area (TPSA) is 37.3 Å². The third-order valence-corrected chi connectivity index (χ3v) is 5.88. The Balaban J connectivity index is 2.34. The van der Waals surface area contributed by atoms with Crippen molar-refractivity contribution in [3.05, 3.63) is 58.7 Å². The Labute approximate surface area is 179 Å². The SMILES string of the molecule is CC(C)=CCC/C(C)=C/CC/C(C)=C/CC/C(C)=C/CC1C(O)C=CC(=O)C1C. The summed E-state index contributed by atoms with van der Waals surface area (Å²) in [6.07, 6.45) is 19.3. The predicted molar refractivity (Wildman–Crippen MR) is 126 cm³/mol. The molecule has 0 spiro atoms. The molecule has 0 radical (unpaired) electrons. The first-order valence-corrected chi connectivity index (χ1v) is 11.2. The molecule has 1 aliphatic rings. The van der Waals surface area contributed by atoms with Crippen molar-refractivity contribution in [2.24, 2.45) is 11.8 Å². The van der Waals surface area contributed by atoms with Crippen molar-refractivity contribution in [1.82, 2.24) is 0 Å². The zero-order valence-corrected chi connectivity index (χ0v) is 19.5. The Morgan fingerprint density at radius 1 is 0.862 bits per heavy atom. The lowest BCUT2D eigenvalue weighted by atomic mass is 9.79. The van der Waals surface area contributed by atoms with Gasteiger partial charge in [0.2, 0.25) is 0 Å². The molecule has 1 aliphatic carbocycles. The Morgan fingerprint density at radius 2 is 1.34 bits per heavy atom. The van der Waals surface area contributed by atoms with Gasteiger partial charge in [0.1, 0.15) is 0 Å². The first-order valence-electron chi connectivity index (χ1n) is 11.2. The molecule has 0 aromatic heterocycles. The fourth-order valence-corrected chi connectivity index (χ4v) is 3.66. The van der Waals surface area contributed by atoms with E-state index < -0.39 is 6.10 Å². The van der Waals surface area contributed by atoms with Gasteiger partial charge in [0.15, 0.2) is 5.78 Å². The van der Waals surface area contributed by atoms with Gasteiger partial charge >= 0.3 is 0 Å². The summed E-state index contributed by atoms with van der Waals surface area (Å²) >= 11 is 0. The Morgan fingerprint density at radius 3 is 1.86 bits per heavy atom. The van der Waals surface area contributed by atoms with Crippen molar-refractivity contribution in [3.63, 3.8) is 0 Å². The molecule has 1 N–H and O–H groups in total. The molecule has 0 heterocycles. The molecule has 0 saturated heterocycles. The second-order valence-electron chi connectivity index (χ2n) is 8.99.